The van der Waals surface area contributed by atoms with Crippen LogP contribution in [0.15, 0.2) is 24.3 Å². The first kappa shape index (κ1) is 13.0. The van der Waals surface area contributed by atoms with E-state index in [0.717, 1.165) is 31.6 Å². The second kappa shape index (κ2) is 6.48. The Kier molecular flexibility index (Phi) is 5.26. The number of anilines is 1. The fourth-order valence-electron chi connectivity index (χ4n) is 1.78. The van der Waals surface area contributed by atoms with Crippen LogP contribution in [0.5, 0.6) is 0 Å². The van der Waals surface area contributed by atoms with Gasteiger partial charge < -0.3 is 10.0 Å². The van der Waals surface area contributed by atoms with Gasteiger partial charge in [-0.2, -0.15) is 0 Å². The molecule has 0 aliphatic carbocycles. The quantitative estimate of drug-likeness (QED) is 0.794. The summed E-state index contributed by atoms with van der Waals surface area (Å²) in [6.07, 6.45) is 1.45. The van der Waals surface area contributed by atoms with Crippen molar-refractivity contribution >= 4 is 5.69 Å². The molecule has 1 heterocycles. The molecule has 1 aliphatic heterocycles. The van der Waals surface area contributed by atoms with Gasteiger partial charge in [0.15, 0.2) is 0 Å². The number of rotatable bonds is 1. The molecule has 3 heteroatoms. The highest BCUT2D eigenvalue weighted by Crippen LogP contribution is 2.19. The van der Waals surface area contributed by atoms with E-state index in [0.29, 0.717) is 0 Å². The van der Waals surface area contributed by atoms with Crippen LogP contribution >= 0.6 is 0 Å². The minimum Gasteiger partial charge on any atom is -0.393 e. The van der Waals surface area contributed by atoms with E-state index in [1.807, 2.05) is 13.8 Å². The third kappa shape index (κ3) is 3.49. The molecule has 0 unspecified atom stereocenters. The van der Waals surface area contributed by atoms with E-state index < -0.39 is 0 Å². The van der Waals surface area contributed by atoms with Gasteiger partial charge in [0.2, 0.25) is 0 Å². The van der Waals surface area contributed by atoms with Gasteiger partial charge in [-0.3, -0.25) is 0 Å². The van der Waals surface area contributed by atoms with Crippen molar-refractivity contribution in [3.63, 3.8) is 0 Å². The second-order valence-electron chi connectivity index (χ2n) is 3.69. The molecule has 2 rings (SSSR count). The van der Waals surface area contributed by atoms with Gasteiger partial charge in [0.25, 0.3) is 0 Å². The van der Waals surface area contributed by atoms with Gasteiger partial charge in [-0.15, -0.1) is 0 Å². The van der Waals surface area contributed by atoms with Gasteiger partial charge in [-0.05, 0) is 37.1 Å². The van der Waals surface area contributed by atoms with E-state index in [1.165, 1.54) is 12.1 Å². The van der Waals surface area contributed by atoms with Crippen molar-refractivity contribution in [2.24, 2.45) is 0 Å². The number of aliphatic hydroxyl groups is 1. The zero-order valence-corrected chi connectivity index (χ0v) is 9.99. The predicted molar refractivity (Wildman–Crippen MR) is 65.2 cm³/mol. The average Bonchev–Trinajstić information content (AvgIpc) is 2.34. The normalized spacial score (nSPS) is 16.6. The smallest absolute Gasteiger partial charge is 0.123 e. The van der Waals surface area contributed by atoms with E-state index in [2.05, 4.69) is 4.90 Å². The van der Waals surface area contributed by atoms with Crippen molar-refractivity contribution < 1.29 is 9.50 Å². The Hall–Kier alpha value is -1.09. The lowest BCUT2D eigenvalue weighted by molar-refractivity contribution is 0.145. The standard InChI is InChI=1S/C11H14FNO.C2H6/c12-9-1-3-10(4-2-9)13-7-5-11(14)6-8-13;1-2/h1-4,11,14H,5-8H2;1-2H3. The highest BCUT2D eigenvalue weighted by Gasteiger charge is 2.16. The third-order valence-corrected chi connectivity index (χ3v) is 2.66. The summed E-state index contributed by atoms with van der Waals surface area (Å²) in [5, 5.41) is 9.33. The molecule has 0 saturated carbocycles. The van der Waals surface area contributed by atoms with Crippen LogP contribution < -0.4 is 4.90 Å². The van der Waals surface area contributed by atoms with Crippen molar-refractivity contribution in [3.05, 3.63) is 30.1 Å². The van der Waals surface area contributed by atoms with E-state index in [9.17, 15) is 9.50 Å². The number of aliphatic hydroxyl groups excluding tert-OH is 1. The van der Waals surface area contributed by atoms with Crippen LogP contribution in [0.25, 0.3) is 0 Å². The lowest BCUT2D eigenvalue weighted by Gasteiger charge is -2.31. The topological polar surface area (TPSA) is 23.5 Å². The molecule has 90 valence electrons. The highest BCUT2D eigenvalue weighted by atomic mass is 19.1. The first-order valence-electron chi connectivity index (χ1n) is 5.94. The minimum atomic E-state index is -0.203. The van der Waals surface area contributed by atoms with Crippen LogP contribution in [0.3, 0.4) is 0 Å². The maximum absolute atomic E-state index is 12.7. The van der Waals surface area contributed by atoms with Crippen molar-refractivity contribution in [1.29, 1.82) is 0 Å². The van der Waals surface area contributed by atoms with Crippen LogP contribution in [-0.4, -0.2) is 24.3 Å². The van der Waals surface area contributed by atoms with Crippen molar-refractivity contribution in [3.8, 4) is 0 Å². The third-order valence-electron chi connectivity index (χ3n) is 2.66. The Morgan fingerprint density at radius 3 is 2.12 bits per heavy atom. The lowest BCUT2D eigenvalue weighted by atomic mass is 10.1. The number of benzene rings is 1. The molecule has 0 radical (unpaired) electrons. The summed E-state index contributed by atoms with van der Waals surface area (Å²) in [6.45, 7) is 5.71. The molecule has 0 atom stereocenters. The summed E-state index contributed by atoms with van der Waals surface area (Å²) >= 11 is 0. The fourth-order valence-corrected chi connectivity index (χ4v) is 1.78. The summed E-state index contributed by atoms with van der Waals surface area (Å²) in [6, 6.07) is 6.51. The molecule has 2 nitrogen and oxygen atoms in total. The average molecular weight is 225 g/mol. The van der Waals surface area contributed by atoms with Crippen LogP contribution in [0.2, 0.25) is 0 Å². The maximum Gasteiger partial charge on any atom is 0.123 e. The number of piperidine rings is 1. The molecular formula is C13H20FNO. The van der Waals surface area contributed by atoms with Crippen molar-refractivity contribution in [1.82, 2.24) is 0 Å². The van der Waals surface area contributed by atoms with Gasteiger partial charge in [0, 0.05) is 18.8 Å². The fraction of sp³-hybridized carbons (Fsp3) is 0.538. The Morgan fingerprint density at radius 2 is 1.62 bits per heavy atom. The molecule has 1 N–H and O–H groups in total. The van der Waals surface area contributed by atoms with Gasteiger partial charge in [-0.1, -0.05) is 13.8 Å². The Labute approximate surface area is 96.7 Å². The van der Waals surface area contributed by atoms with Crippen molar-refractivity contribution in [2.45, 2.75) is 32.8 Å². The van der Waals surface area contributed by atoms with E-state index >= 15 is 0 Å². The van der Waals surface area contributed by atoms with E-state index in [-0.39, 0.29) is 11.9 Å². The maximum atomic E-state index is 12.7. The Bertz CT molecular complexity index is 291. The zero-order chi connectivity index (χ0) is 12.0. The lowest BCUT2D eigenvalue weighted by Crippen LogP contribution is -2.35. The largest absolute Gasteiger partial charge is 0.393 e. The number of hydrogen-bond donors (Lipinski definition) is 1. The van der Waals surface area contributed by atoms with Crippen LogP contribution in [0.4, 0.5) is 10.1 Å². The molecule has 1 aromatic rings. The second-order valence-corrected chi connectivity index (χ2v) is 3.69. The van der Waals surface area contributed by atoms with Crippen LogP contribution in [0, 0.1) is 5.82 Å². The first-order chi connectivity index (χ1) is 7.75. The predicted octanol–water partition coefficient (Wildman–Crippen LogP) is 2.81. The molecule has 0 amide bonds. The zero-order valence-electron chi connectivity index (χ0n) is 9.99. The molecule has 0 spiro atoms. The monoisotopic (exact) mass is 225 g/mol. The van der Waals surface area contributed by atoms with Crippen LogP contribution in [-0.2, 0) is 0 Å². The molecule has 1 fully saturated rings. The summed E-state index contributed by atoms with van der Waals surface area (Å²) < 4.78 is 12.7. The Balaban J connectivity index is 0.000000606. The number of hydrogen-bond acceptors (Lipinski definition) is 2. The minimum absolute atomic E-state index is 0.160. The summed E-state index contributed by atoms with van der Waals surface area (Å²) in [4.78, 5) is 2.17. The van der Waals surface area contributed by atoms with Gasteiger partial charge in [0.1, 0.15) is 5.82 Å². The molecule has 0 aromatic heterocycles. The number of nitrogens with zero attached hydrogens (tertiary/aromatic N) is 1. The molecular weight excluding hydrogens is 205 g/mol. The van der Waals surface area contributed by atoms with E-state index in [4.69, 9.17) is 0 Å². The van der Waals surface area contributed by atoms with Gasteiger partial charge in [0.05, 0.1) is 6.10 Å². The first-order valence-corrected chi connectivity index (χ1v) is 5.94. The van der Waals surface area contributed by atoms with Gasteiger partial charge in [-0.25, -0.2) is 4.39 Å². The highest BCUT2D eigenvalue weighted by molar-refractivity contribution is 5.46. The van der Waals surface area contributed by atoms with Gasteiger partial charge >= 0.3 is 0 Å². The molecule has 16 heavy (non-hydrogen) atoms. The Morgan fingerprint density at radius 1 is 1.12 bits per heavy atom. The molecule has 0 bridgehead atoms. The molecule has 1 saturated heterocycles. The van der Waals surface area contributed by atoms with E-state index in [1.54, 1.807) is 12.1 Å². The number of halogens is 1. The summed E-state index contributed by atoms with van der Waals surface area (Å²) in [5.74, 6) is -0.203. The molecule has 1 aliphatic rings. The molecule has 1 aromatic carbocycles. The van der Waals surface area contributed by atoms with Crippen molar-refractivity contribution in [2.75, 3.05) is 18.0 Å². The summed E-state index contributed by atoms with van der Waals surface area (Å²) in [7, 11) is 0. The summed E-state index contributed by atoms with van der Waals surface area (Å²) in [5.41, 5.74) is 1.04. The van der Waals surface area contributed by atoms with Crippen LogP contribution in [0.1, 0.15) is 26.7 Å². The SMILES string of the molecule is CC.OC1CCN(c2ccc(F)cc2)CC1.